The summed E-state index contributed by atoms with van der Waals surface area (Å²) in [5.41, 5.74) is 1.67. The van der Waals surface area contributed by atoms with Crippen molar-refractivity contribution in [2.45, 2.75) is 38.5 Å². The summed E-state index contributed by atoms with van der Waals surface area (Å²) < 4.78 is 0. The number of Topliss-reactive ketones (excluding diaryl/α,β-unsaturated/α-hetero) is 1. The first-order valence-corrected chi connectivity index (χ1v) is 7.42. The van der Waals surface area contributed by atoms with Gasteiger partial charge in [0.15, 0.2) is 5.78 Å². The number of hydrogen-bond acceptors (Lipinski definition) is 1. The molecule has 0 aliphatic heterocycles. The van der Waals surface area contributed by atoms with Gasteiger partial charge in [0.05, 0.1) is 10.5 Å². The van der Waals surface area contributed by atoms with Crippen LogP contribution in [0.15, 0.2) is 24.4 Å². The summed E-state index contributed by atoms with van der Waals surface area (Å²) in [6.07, 6.45) is 8.77. The molecule has 0 saturated heterocycles. The lowest BCUT2D eigenvalue weighted by Gasteiger charge is -2.20. The maximum absolute atomic E-state index is 12.4. The van der Waals surface area contributed by atoms with Crippen molar-refractivity contribution in [3.05, 3.63) is 35.0 Å². The minimum Gasteiger partial charge on any atom is -0.359 e. The number of carbonyl (C=O) groups excluding carboxylic acids is 1. The smallest absolute Gasteiger partial charge is 0.165 e. The van der Waals surface area contributed by atoms with Crippen LogP contribution in [-0.2, 0) is 0 Å². The fraction of sp³-hybridized carbons (Fsp3) is 0.438. The second-order valence-electron chi connectivity index (χ2n) is 5.50. The first kappa shape index (κ1) is 12.7. The van der Waals surface area contributed by atoms with Crippen LogP contribution >= 0.6 is 11.6 Å². The van der Waals surface area contributed by atoms with Crippen molar-refractivity contribution in [1.29, 1.82) is 0 Å². The Morgan fingerprint density at radius 3 is 2.84 bits per heavy atom. The lowest BCUT2D eigenvalue weighted by Crippen LogP contribution is -2.12. The Kier molecular flexibility index (Phi) is 3.61. The minimum atomic E-state index is 0.250. The molecule has 1 heterocycles. The zero-order valence-electron chi connectivity index (χ0n) is 10.9. The number of benzene rings is 1. The molecule has 0 amide bonds. The Hall–Kier alpha value is -1.28. The normalized spacial score (nSPS) is 16.9. The molecule has 0 radical (unpaired) electrons. The molecule has 1 aromatic heterocycles. The van der Waals surface area contributed by atoms with Crippen molar-refractivity contribution in [1.82, 2.24) is 4.98 Å². The third kappa shape index (κ3) is 2.55. The van der Waals surface area contributed by atoms with Crippen molar-refractivity contribution < 1.29 is 4.79 Å². The molecule has 3 rings (SSSR count). The quantitative estimate of drug-likeness (QED) is 0.788. The minimum absolute atomic E-state index is 0.250. The number of carbonyl (C=O) groups is 1. The number of rotatable bonds is 3. The number of para-hydroxylation sites is 1. The molecule has 1 aliphatic rings. The summed E-state index contributed by atoms with van der Waals surface area (Å²) in [5.74, 6) is 0.825. The number of fused-ring (bicyclic) bond motifs is 1. The number of halogens is 1. The van der Waals surface area contributed by atoms with Crippen LogP contribution < -0.4 is 0 Å². The van der Waals surface area contributed by atoms with Gasteiger partial charge in [0, 0.05) is 23.6 Å². The standard InChI is InChI=1S/C16H18ClNO/c17-14-8-4-7-12-13(10-18-16(12)14)15(19)9-11-5-2-1-3-6-11/h4,7-8,10-11,18H,1-3,5-6,9H2. The van der Waals surface area contributed by atoms with E-state index in [1.165, 1.54) is 32.1 Å². The summed E-state index contributed by atoms with van der Waals surface area (Å²) in [6, 6.07) is 5.71. The van der Waals surface area contributed by atoms with E-state index < -0.39 is 0 Å². The fourth-order valence-corrected chi connectivity index (χ4v) is 3.34. The predicted molar refractivity (Wildman–Crippen MR) is 78.8 cm³/mol. The average Bonchev–Trinajstić information content (AvgIpc) is 2.85. The van der Waals surface area contributed by atoms with E-state index in [0.29, 0.717) is 17.4 Å². The van der Waals surface area contributed by atoms with Crippen molar-refractivity contribution in [3.8, 4) is 0 Å². The third-order valence-electron chi connectivity index (χ3n) is 4.16. The zero-order valence-corrected chi connectivity index (χ0v) is 11.7. The molecule has 2 aromatic rings. The van der Waals surface area contributed by atoms with Crippen molar-refractivity contribution in [2.24, 2.45) is 5.92 Å². The van der Waals surface area contributed by atoms with Crippen LogP contribution in [0.4, 0.5) is 0 Å². The highest BCUT2D eigenvalue weighted by molar-refractivity contribution is 6.35. The number of ketones is 1. The van der Waals surface area contributed by atoms with Crippen LogP contribution in [0.3, 0.4) is 0 Å². The monoisotopic (exact) mass is 275 g/mol. The van der Waals surface area contributed by atoms with E-state index in [9.17, 15) is 4.79 Å². The molecule has 19 heavy (non-hydrogen) atoms. The second kappa shape index (κ2) is 5.38. The molecule has 2 nitrogen and oxygen atoms in total. The van der Waals surface area contributed by atoms with Crippen LogP contribution in [0.2, 0.25) is 5.02 Å². The summed E-state index contributed by atoms with van der Waals surface area (Å²) in [6.45, 7) is 0. The van der Waals surface area contributed by atoms with Gasteiger partial charge in [0.2, 0.25) is 0 Å². The molecule has 1 fully saturated rings. The van der Waals surface area contributed by atoms with E-state index in [2.05, 4.69) is 4.98 Å². The Morgan fingerprint density at radius 2 is 2.05 bits per heavy atom. The number of aromatic nitrogens is 1. The van der Waals surface area contributed by atoms with Gasteiger partial charge in [-0.2, -0.15) is 0 Å². The number of aromatic amines is 1. The van der Waals surface area contributed by atoms with E-state index in [4.69, 9.17) is 11.6 Å². The molecular weight excluding hydrogens is 258 g/mol. The summed E-state index contributed by atoms with van der Waals surface area (Å²) in [7, 11) is 0. The van der Waals surface area contributed by atoms with Gasteiger partial charge in [0.25, 0.3) is 0 Å². The molecule has 1 aromatic carbocycles. The van der Waals surface area contributed by atoms with E-state index >= 15 is 0 Å². The topological polar surface area (TPSA) is 32.9 Å². The van der Waals surface area contributed by atoms with Crippen molar-refractivity contribution in [3.63, 3.8) is 0 Å². The Balaban J connectivity index is 1.83. The highest BCUT2D eigenvalue weighted by atomic mass is 35.5. The van der Waals surface area contributed by atoms with Gasteiger partial charge in [-0.25, -0.2) is 0 Å². The van der Waals surface area contributed by atoms with Gasteiger partial charge in [-0.05, 0) is 12.0 Å². The molecule has 1 aliphatic carbocycles. The van der Waals surface area contributed by atoms with Crippen LogP contribution in [-0.4, -0.2) is 10.8 Å². The Bertz CT molecular complexity index is 596. The van der Waals surface area contributed by atoms with Crippen LogP contribution in [0, 0.1) is 5.92 Å². The van der Waals surface area contributed by atoms with Gasteiger partial charge in [-0.15, -0.1) is 0 Å². The van der Waals surface area contributed by atoms with Crippen LogP contribution in [0.1, 0.15) is 48.9 Å². The second-order valence-corrected chi connectivity index (χ2v) is 5.90. The molecule has 0 bridgehead atoms. The first-order chi connectivity index (χ1) is 9.25. The van der Waals surface area contributed by atoms with E-state index in [-0.39, 0.29) is 5.78 Å². The van der Waals surface area contributed by atoms with Crippen molar-refractivity contribution in [2.75, 3.05) is 0 Å². The van der Waals surface area contributed by atoms with E-state index in [1.54, 1.807) is 0 Å². The van der Waals surface area contributed by atoms with Crippen LogP contribution in [0.5, 0.6) is 0 Å². The molecular formula is C16H18ClNO. The third-order valence-corrected chi connectivity index (χ3v) is 4.48. The number of hydrogen-bond donors (Lipinski definition) is 1. The van der Waals surface area contributed by atoms with Crippen molar-refractivity contribution >= 4 is 28.3 Å². The summed E-state index contributed by atoms with van der Waals surface area (Å²) in [4.78, 5) is 15.6. The molecule has 0 atom stereocenters. The first-order valence-electron chi connectivity index (χ1n) is 7.04. The van der Waals surface area contributed by atoms with Gasteiger partial charge < -0.3 is 4.98 Å². The van der Waals surface area contributed by atoms with Gasteiger partial charge in [-0.1, -0.05) is 55.8 Å². The molecule has 1 N–H and O–H groups in total. The average molecular weight is 276 g/mol. The Labute approximate surface area is 118 Å². The number of nitrogens with one attached hydrogen (secondary N) is 1. The van der Waals surface area contributed by atoms with E-state index in [1.807, 2.05) is 24.4 Å². The lowest BCUT2D eigenvalue weighted by atomic mass is 9.85. The maximum Gasteiger partial charge on any atom is 0.165 e. The molecule has 0 unspecified atom stereocenters. The van der Waals surface area contributed by atoms with E-state index in [0.717, 1.165) is 16.5 Å². The molecule has 1 saturated carbocycles. The predicted octanol–water partition coefficient (Wildman–Crippen LogP) is 4.97. The lowest BCUT2D eigenvalue weighted by molar-refractivity contribution is 0.0952. The molecule has 100 valence electrons. The molecule has 3 heteroatoms. The number of H-pyrrole nitrogens is 1. The van der Waals surface area contributed by atoms with Crippen LogP contribution in [0.25, 0.3) is 10.9 Å². The Morgan fingerprint density at radius 1 is 1.26 bits per heavy atom. The van der Waals surface area contributed by atoms with Gasteiger partial charge in [-0.3, -0.25) is 4.79 Å². The van der Waals surface area contributed by atoms with Gasteiger partial charge >= 0.3 is 0 Å². The zero-order chi connectivity index (χ0) is 13.2. The molecule has 0 spiro atoms. The fourth-order valence-electron chi connectivity index (χ4n) is 3.11. The highest BCUT2D eigenvalue weighted by Gasteiger charge is 2.20. The summed E-state index contributed by atoms with van der Waals surface area (Å²) in [5, 5.41) is 1.63. The van der Waals surface area contributed by atoms with Gasteiger partial charge in [0.1, 0.15) is 0 Å². The SMILES string of the molecule is O=C(CC1CCCCC1)c1c[nH]c2c(Cl)cccc12. The largest absolute Gasteiger partial charge is 0.359 e. The maximum atomic E-state index is 12.4. The summed E-state index contributed by atoms with van der Waals surface area (Å²) >= 11 is 6.12. The highest BCUT2D eigenvalue weighted by Crippen LogP contribution is 2.30.